The molecule has 11 nitrogen and oxygen atoms in total. The minimum Gasteiger partial charge on any atom is -0.455 e. The summed E-state index contributed by atoms with van der Waals surface area (Å²) in [5.41, 5.74) is 2.04. The molecule has 12 heteroatoms. The maximum atomic E-state index is 15.5. The first-order valence-corrected chi connectivity index (χ1v) is 19.0. The monoisotopic (exact) mass is 797 g/mol. The van der Waals surface area contributed by atoms with Crippen molar-refractivity contribution < 1.29 is 38.5 Å². The molecule has 54 heavy (non-hydrogen) atoms. The molecular formula is C42H44BrN3O8. The number of esters is 1. The van der Waals surface area contributed by atoms with Crippen LogP contribution in [0, 0.1) is 25.7 Å². The summed E-state index contributed by atoms with van der Waals surface area (Å²) in [6, 6.07) is 20.9. The van der Waals surface area contributed by atoms with E-state index in [9.17, 15) is 14.7 Å². The van der Waals surface area contributed by atoms with Crippen LogP contribution in [0.2, 0.25) is 0 Å². The summed E-state index contributed by atoms with van der Waals surface area (Å²) in [7, 11) is 1.51. The SMILES string of the molecule is COC[C@H]1NC(=O)CC/C=C\CN(c2c(C)cccc2C)C(=O)[C@@H]2N([C@H](CO)c3ccccc3)C(=O)[C@H]3[C@H](C(=O)O[C@@H]1c1ccccc1)[C@H]1O[C@@]23C=C1Br. The smallest absolute Gasteiger partial charge is 0.313 e. The van der Waals surface area contributed by atoms with Crippen LogP contribution in [0.15, 0.2) is 102 Å². The van der Waals surface area contributed by atoms with Crippen molar-refractivity contribution in [2.24, 2.45) is 11.8 Å². The fourth-order valence-electron chi connectivity index (χ4n) is 8.65. The predicted octanol–water partition coefficient (Wildman–Crippen LogP) is 5.01. The number of carbonyl (C=O) groups is 4. The molecule has 1 spiro atoms. The van der Waals surface area contributed by atoms with Gasteiger partial charge in [0, 0.05) is 30.2 Å². The second-order valence-corrected chi connectivity index (χ2v) is 15.2. The van der Waals surface area contributed by atoms with Crippen molar-refractivity contribution in [2.75, 3.05) is 31.8 Å². The number of amides is 3. The highest BCUT2D eigenvalue weighted by Gasteiger charge is 2.75. The van der Waals surface area contributed by atoms with Gasteiger partial charge in [-0.25, -0.2) is 0 Å². The number of benzene rings is 3. The van der Waals surface area contributed by atoms with Crippen molar-refractivity contribution in [2.45, 2.75) is 62.6 Å². The molecule has 3 aromatic carbocycles. The molecule has 3 aromatic rings. The number of aliphatic hydroxyl groups excluding tert-OH is 1. The van der Waals surface area contributed by atoms with E-state index >= 15 is 9.59 Å². The quantitative estimate of drug-likeness (QED) is 0.252. The molecule has 282 valence electrons. The van der Waals surface area contributed by atoms with Crippen LogP contribution in [-0.4, -0.2) is 84.4 Å². The Morgan fingerprint density at radius 1 is 0.926 bits per heavy atom. The molecule has 0 aliphatic carbocycles. The van der Waals surface area contributed by atoms with Gasteiger partial charge in [0.05, 0.1) is 31.2 Å². The Hall–Kier alpha value is -4.62. The molecule has 8 atom stereocenters. The number of hydrogen-bond donors (Lipinski definition) is 2. The van der Waals surface area contributed by atoms with E-state index in [-0.39, 0.29) is 25.5 Å². The number of hydrogen-bond acceptors (Lipinski definition) is 8. The average molecular weight is 799 g/mol. The Morgan fingerprint density at radius 3 is 2.28 bits per heavy atom. The number of nitrogens with one attached hydrogen (secondary N) is 1. The summed E-state index contributed by atoms with van der Waals surface area (Å²) in [5, 5.41) is 14.0. The van der Waals surface area contributed by atoms with Gasteiger partial charge in [-0.2, -0.15) is 0 Å². The Bertz CT molecular complexity index is 1950. The minimum atomic E-state index is -1.58. The molecule has 0 saturated carbocycles. The molecule has 7 rings (SSSR count). The van der Waals surface area contributed by atoms with Crippen molar-refractivity contribution in [3.05, 3.63) is 124 Å². The van der Waals surface area contributed by atoms with Crippen LogP contribution in [0.25, 0.3) is 0 Å². The van der Waals surface area contributed by atoms with Gasteiger partial charge in [0.1, 0.15) is 29.8 Å². The summed E-state index contributed by atoms with van der Waals surface area (Å²) in [6.07, 6.45) is 4.07. The second kappa shape index (κ2) is 15.6. The Kier molecular flexibility index (Phi) is 10.9. The Morgan fingerprint density at radius 2 is 1.61 bits per heavy atom. The van der Waals surface area contributed by atoms with Crippen LogP contribution >= 0.6 is 15.9 Å². The first kappa shape index (κ1) is 37.7. The van der Waals surface area contributed by atoms with Gasteiger partial charge in [0.25, 0.3) is 5.91 Å². The summed E-state index contributed by atoms with van der Waals surface area (Å²) in [4.78, 5) is 61.9. The molecule has 0 unspecified atom stereocenters. The molecule has 0 aromatic heterocycles. The number of para-hydroxylation sites is 1. The zero-order valence-corrected chi connectivity index (χ0v) is 32.0. The van der Waals surface area contributed by atoms with Crippen LogP contribution < -0.4 is 10.2 Å². The minimum absolute atomic E-state index is 0.0409. The lowest BCUT2D eigenvalue weighted by Gasteiger charge is -2.39. The van der Waals surface area contributed by atoms with Gasteiger partial charge < -0.3 is 34.4 Å². The van der Waals surface area contributed by atoms with Gasteiger partial charge in [0.2, 0.25) is 11.8 Å². The predicted molar refractivity (Wildman–Crippen MR) is 204 cm³/mol. The molecule has 2 N–H and O–H groups in total. The number of fused-ring (bicyclic) bond motifs is 2. The van der Waals surface area contributed by atoms with E-state index in [0.717, 1.165) is 11.1 Å². The third-order valence-electron chi connectivity index (χ3n) is 11.0. The van der Waals surface area contributed by atoms with Crippen LogP contribution in [0.1, 0.15) is 47.2 Å². The van der Waals surface area contributed by atoms with Crippen LogP contribution in [0.4, 0.5) is 5.69 Å². The van der Waals surface area contributed by atoms with E-state index in [1.165, 1.54) is 12.0 Å². The fraction of sp³-hybridized carbons (Fsp3) is 0.381. The number of aliphatic hydroxyl groups is 1. The fourth-order valence-corrected chi connectivity index (χ4v) is 9.38. The average Bonchev–Trinajstić information content (AvgIpc) is 3.76. The number of ether oxygens (including phenoxy) is 3. The highest BCUT2D eigenvalue weighted by molar-refractivity contribution is 9.11. The van der Waals surface area contributed by atoms with Gasteiger partial charge in [0.15, 0.2) is 0 Å². The second-order valence-electron chi connectivity index (χ2n) is 14.3. The molecule has 5 bridgehead atoms. The maximum absolute atomic E-state index is 15.5. The van der Waals surface area contributed by atoms with E-state index in [4.69, 9.17) is 14.2 Å². The topological polar surface area (TPSA) is 135 Å². The Labute approximate surface area is 323 Å². The van der Waals surface area contributed by atoms with E-state index in [0.29, 0.717) is 27.7 Å². The lowest BCUT2D eigenvalue weighted by Crippen LogP contribution is -2.57. The summed E-state index contributed by atoms with van der Waals surface area (Å²) < 4.78 is 19.2. The van der Waals surface area contributed by atoms with Gasteiger partial charge in [-0.15, -0.1) is 0 Å². The first-order chi connectivity index (χ1) is 26.1. The summed E-state index contributed by atoms with van der Waals surface area (Å²) in [6.45, 7) is 3.53. The molecule has 4 aliphatic rings. The molecule has 4 aliphatic heterocycles. The summed E-state index contributed by atoms with van der Waals surface area (Å²) in [5.74, 6) is -4.26. The van der Waals surface area contributed by atoms with Crippen molar-refractivity contribution in [1.29, 1.82) is 0 Å². The van der Waals surface area contributed by atoms with Crippen LogP contribution in [-0.2, 0) is 33.4 Å². The number of carbonyl (C=O) groups excluding carboxylic acids is 4. The molecule has 2 fully saturated rings. The van der Waals surface area contributed by atoms with Crippen LogP contribution in [0.3, 0.4) is 0 Å². The number of aryl methyl sites for hydroxylation is 2. The lowest BCUT2D eigenvalue weighted by atomic mass is 9.74. The third kappa shape index (κ3) is 6.59. The van der Waals surface area contributed by atoms with Crippen molar-refractivity contribution >= 4 is 45.3 Å². The zero-order chi connectivity index (χ0) is 38.1. The molecule has 3 amide bonds. The number of nitrogens with zero attached hydrogens (tertiary/aromatic N) is 2. The standard InChI is InChI=1S/C42H44BrN3O8/c1-25-14-13-15-26(2)35(25)45-21-12-6-11-20-32(48)44-30(24-52-3)36(28-18-9-5-10-19-28)53-41(51)33-34-39(49)46(31(23-47)27-16-7-4-8-17-27)38(40(45)50)42(34)22-29(43)37(33)54-42/h4-10,12-19,22,30-31,33-34,36-38,47H,11,20-21,23-24H2,1-3H3,(H,44,48)/b12-6-/t30-,31-,33+,34-,36-,37+,38+,42-/m1/s1. The van der Waals surface area contributed by atoms with Crippen molar-refractivity contribution in [3.63, 3.8) is 0 Å². The van der Waals surface area contributed by atoms with Crippen LogP contribution in [0.5, 0.6) is 0 Å². The highest BCUT2D eigenvalue weighted by atomic mass is 79.9. The lowest BCUT2D eigenvalue weighted by molar-refractivity contribution is -0.162. The third-order valence-corrected chi connectivity index (χ3v) is 11.6. The maximum Gasteiger partial charge on any atom is 0.313 e. The zero-order valence-electron chi connectivity index (χ0n) is 30.4. The molecular weight excluding hydrogens is 754 g/mol. The highest BCUT2D eigenvalue weighted by Crippen LogP contribution is 2.60. The number of anilines is 1. The first-order valence-electron chi connectivity index (χ1n) is 18.2. The number of allylic oxidation sites excluding steroid dienone is 1. The number of methoxy groups -OCH3 is 1. The largest absolute Gasteiger partial charge is 0.455 e. The Balaban J connectivity index is 1.41. The normalized spacial score (nSPS) is 29.8. The van der Waals surface area contributed by atoms with E-state index in [1.807, 2.05) is 80.6 Å². The number of likely N-dealkylation sites (tertiary alicyclic amines) is 1. The van der Waals surface area contributed by atoms with Crippen molar-refractivity contribution in [3.8, 4) is 0 Å². The van der Waals surface area contributed by atoms with Gasteiger partial charge in [-0.1, -0.05) is 107 Å². The molecule has 0 radical (unpaired) electrons. The van der Waals surface area contributed by atoms with Gasteiger partial charge in [-0.05, 0) is 48.6 Å². The van der Waals surface area contributed by atoms with E-state index < -0.39 is 72.2 Å². The van der Waals surface area contributed by atoms with Gasteiger partial charge >= 0.3 is 5.97 Å². The van der Waals surface area contributed by atoms with Gasteiger partial charge in [-0.3, -0.25) is 19.2 Å². The number of cyclic esters (lactones) is 1. The number of rotatable bonds is 7. The van der Waals surface area contributed by atoms with E-state index in [2.05, 4.69) is 21.2 Å². The molecule has 4 heterocycles. The van der Waals surface area contributed by atoms with E-state index in [1.54, 1.807) is 35.2 Å². The number of halogens is 1. The summed E-state index contributed by atoms with van der Waals surface area (Å²) >= 11 is 3.64. The molecule has 2 saturated heterocycles. The van der Waals surface area contributed by atoms with Crippen molar-refractivity contribution in [1.82, 2.24) is 10.2 Å².